The van der Waals surface area contributed by atoms with Gasteiger partial charge in [-0.15, -0.1) is 0 Å². The van der Waals surface area contributed by atoms with Crippen molar-refractivity contribution in [3.8, 4) is 0 Å². The third-order valence-corrected chi connectivity index (χ3v) is 3.75. The molecule has 98 valence electrons. The van der Waals surface area contributed by atoms with Gasteiger partial charge in [-0.3, -0.25) is 0 Å². The van der Waals surface area contributed by atoms with Gasteiger partial charge in [0.2, 0.25) is 0 Å². The molecule has 1 N–H and O–H groups in total. The summed E-state index contributed by atoms with van der Waals surface area (Å²) in [7, 11) is 0. The minimum atomic E-state index is 0.639. The zero-order valence-corrected chi connectivity index (χ0v) is 11.2. The third kappa shape index (κ3) is 2.64. The Labute approximate surface area is 109 Å². The molecular formula is C14H22N4. The van der Waals surface area contributed by atoms with Gasteiger partial charge < -0.3 is 10.2 Å². The van der Waals surface area contributed by atoms with E-state index in [0.29, 0.717) is 5.92 Å². The summed E-state index contributed by atoms with van der Waals surface area (Å²) in [6.45, 7) is 6.52. The predicted molar refractivity (Wildman–Crippen MR) is 73.1 cm³/mol. The Morgan fingerprint density at radius 1 is 1.28 bits per heavy atom. The van der Waals surface area contributed by atoms with Gasteiger partial charge in [-0.2, -0.15) is 0 Å². The van der Waals surface area contributed by atoms with E-state index in [9.17, 15) is 0 Å². The van der Waals surface area contributed by atoms with Gasteiger partial charge in [0.15, 0.2) is 0 Å². The Morgan fingerprint density at radius 2 is 2.17 bits per heavy atom. The van der Waals surface area contributed by atoms with Crippen molar-refractivity contribution in [2.24, 2.45) is 0 Å². The summed E-state index contributed by atoms with van der Waals surface area (Å²) in [5.41, 5.74) is 1.19. The highest BCUT2D eigenvalue weighted by atomic mass is 15.2. The van der Waals surface area contributed by atoms with Crippen LogP contribution in [0.15, 0.2) is 6.07 Å². The zero-order valence-electron chi connectivity index (χ0n) is 11.2. The lowest BCUT2D eigenvalue weighted by molar-refractivity contribution is 0.724. The minimum absolute atomic E-state index is 0.639. The molecule has 4 nitrogen and oxygen atoms in total. The summed E-state index contributed by atoms with van der Waals surface area (Å²) in [5, 5.41) is 3.44. The van der Waals surface area contributed by atoms with Crippen LogP contribution in [0, 0.1) is 0 Å². The second-order valence-electron chi connectivity index (χ2n) is 5.29. The Hall–Kier alpha value is -1.16. The average Bonchev–Trinajstić information content (AvgIpc) is 3.24. The third-order valence-electron chi connectivity index (χ3n) is 3.75. The lowest BCUT2D eigenvalue weighted by atomic mass is 10.2. The summed E-state index contributed by atoms with van der Waals surface area (Å²) in [5.74, 6) is 2.87. The number of rotatable bonds is 3. The van der Waals surface area contributed by atoms with Crippen LogP contribution in [0.4, 0.5) is 5.82 Å². The second kappa shape index (κ2) is 5.22. The number of aromatic nitrogens is 2. The van der Waals surface area contributed by atoms with Crippen molar-refractivity contribution in [2.75, 3.05) is 31.1 Å². The normalized spacial score (nSPS) is 20.8. The largest absolute Gasteiger partial charge is 0.355 e. The molecule has 1 aromatic rings. The van der Waals surface area contributed by atoms with Crippen LogP contribution in [0.25, 0.3) is 0 Å². The first-order valence-electron chi connectivity index (χ1n) is 7.20. The molecule has 1 aromatic heterocycles. The molecule has 2 aliphatic rings. The van der Waals surface area contributed by atoms with E-state index in [2.05, 4.69) is 28.2 Å². The fourth-order valence-electron chi connectivity index (χ4n) is 2.45. The monoisotopic (exact) mass is 246 g/mol. The summed E-state index contributed by atoms with van der Waals surface area (Å²) in [6.07, 6.45) is 4.74. The van der Waals surface area contributed by atoms with Crippen LogP contribution in [0.1, 0.15) is 43.6 Å². The predicted octanol–water partition coefficient (Wildman–Crippen LogP) is 1.72. The fraction of sp³-hybridized carbons (Fsp3) is 0.714. The molecule has 0 bridgehead atoms. The number of aryl methyl sites for hydroxylation is 1. The second-order valence-corrected chi connectivity index (χ2v) is 5.29. The van der Waals surface area contributed by atoms with Gasteiger partial charge in [0.25, 0.3) is 0 Å². The van der Waals surface area contributed by atoms with Crippen molar-refractivity contribution < 1.29 is 0 Å². The van der Waals surface area contributed by atoms with Crippen LogP contribution in [0.3, 0.4) is 0 Å². The highest BCUT2D eigenvalue weighted by Gasteiger charge is 2.27. The van der Waals surface area contributed by atoms with Crippen molar-refractivity contribution in [2.45, 2.75) is 38.5 Å². The molecule has 1 saturated carbocycles. The Bertz CT molecular complexity index is 406. The zero-order chi connectivity index (χ0) is 12.4. The van der Waals surface area contributed by atoms with Crippen LogP contribution in [-0.4, -0.2) is 36.1 Å². The molecule has 3 rings (SSSR count). The van der Waals surface area contributed by atoms with Gasteiger partial charge in [0.1, 0.15) is 11.6 Å². The van der Waals surface area contributed by atoms with Crippen LogP contribution in [-0.2, 0) is 6.42 Å². The molecule has 18 heavy (non-hydrogen) atoms. The van der Waals surface area contributed by atoms with Gasteiger partial charge in [0, 0.05) is 37.3 Å². The SMILES string of the molecule is CCc1cc(N2CCCNCC2)nc(C2CC2)n1. The van der Waals surface area contributed by atoms with Crippen LogP contribution < -0.4 is 10.2 Å². The molecule has 2 heterocycles. The summed E-state index contributed by atoms with van der Waals surface area (Å²) in [4.78, 5) is 11.9. The molecule has 1 aliphatic carbocycles. The van der Waals surface area contributed by atoms with E-state index in [1.807, 2.05) is 0 Å². The molecule has 0 unspecified atom stereocenters. The lowest BCUT2D eigenvalue weighted by Gasteiger charge is -2.22. The molecule has 0 aromatic carbocycles. The average molecular weight is 246 g/mol. The Morgan fingerprint density at radius 3 is 2.94 bits per heavy atom. The maximum Gasteiger partial charge on any atom is 0.134 e. The van der Waals surface area contributed by atoms with E-state index in [-0.39, 0.29) is 0 Å². The number of nitrogens with zero attached hydrogens (tertiary/aromatic N) is 3. The van der Waals surface area contributed by atoms with E-state index in [1.54, 1.807) is 0 Å². The number of hydrogen-bond acceptors (Lipinski definition) is 4. The van der Waals surface area contributed by atoms with Crippen molar-refractivity contribution in [3.05, 3.63) is 17.6 Å². The van der Waals surface area contributed by atoms with Crippen LogP contribution in [0.5, 0.6) is 0 Å². The standard InChI is InChI=1S/C14H22N4/c1-2-12-10-13(17-14(16-12)11-4-5-11)18-8-3-6-15-7-9-18/h10-11,15H,2-9H2,1H3. The van der Waals surface area contributed by atoms with E-state index in [1.165, 1.54) is 25.0 Å². The molecule has 1 saturated heterocycles. The minimum Gasteiger partial charge on any atom is -0.355 e. The van der Waals surface area contributed by atoms with Gasteiger partial charge in [-0.05, 0) is 32.2 Å². The van der Waals surface area contributed by atoms with Gasteiger partial charge in [0.05, 0.1) is 0 Å². The molecular weight excluding hydrogens is 224 g/mol. The quantitative estimate of drug-likeness (QED) is 0.881. The van der Waals surface area contributed by atoms with Gasteiger partial charge in [-0.1, -0.05) is 6.92 Å². The first-order valence-corrected chi connectivity index (χ1v) is 7.20. The van der Waals surface area contributed by atoms with E-state index in [0.717, 1.165) is 44.2 Å². The summed E-state index contributed by atoms with van der Waals surface area (Å²) >= 11 is 0. The first-order chi connectivity index (χ1) is 8.86. The fourth-order valence-corrected chi connectivity index (χ4v) is 2.45. The van der Waals surface area contributed by atoms with E-state index >= 15 is 0 Å². The molecule has 0 radical (unpaired) electrons. The number of hydrogen-bond donors (Lipinski definition) is 1. The highest BCUT2D eigenvalue weighted by molar-refractivity contribution is 5.41. The van der Waals surface area contributed by atoms with Gasteiger partial charge >= 0.3 is 0 Å². The highest BCUT2D eigenvalue weighted by Crippen LogP contribution is 2.38. The summed E-state index contributed by atoms with van der Waals surface area (Å²) in [6, 6.07) is 2.18. The van der Waals surface area contributed by atoms with Gasteiger partial charge in [-0.25, -0.2) is 9.97 Å². The molecule has 0 spiro atoms. The van der Waals surface area contributed by atoms with Crippen molar-refractivity contribution in [1.29, 1.82) is 0 Å². The summed E-state index contributed by atoms with van der Waals surface area (Å²) < 4.78 is 0. The molecule has 1 aliphatic heterocycles. The molecule has 0 amide bonds. The number of anilines is 1. The van der Waals surface area contributed by atoms with Crippen LogP contribution in [0.2, 0.25) is 0 Å². The van der Waals surface area contributed by atoms with E-state index in [4.69, 9.17) is 4.98 Å². The first kappa shape index (κ1) is 11.9. The smallest absolute Gasteiger partial charge is 0.134 e. The molecule has 2 fully saturated rings. The van der Waals surface area contributed by atoms with Crippen molar-refractivity contribution >= 4 is 5.82 Å². The van der Waals surface area contributed by atoms with Crippen molar-refractivity contribution in [1.82, 2.24) is 15.3 Å². The molecule has 4 heteroatoms. The lowest BCUT2D eigenvalue weighted by Crippen LogP contribution is -2.29. The maximum atomic E-state index is 4.80. The molecule has 0 atom stereocenters. The number of nitrogens with one attached hydrogen (secondary N) is 1. The topological polar surface area (TPSA) is 41.0 Å². The maximum absolute atomic E-state index is 4.80. The van der Waals surface area contributed by atoms with E-state index < -0.39 is 0 Å². The van der Waals surface area contributed by atoms with Crippen LogP contribution >= 0.6 is 0 Å². The van der Waals surface area contributed by atoms with Crippen molar-refractivity contribution in [3.63, 3.8) is 0 Å². The Kier molecular flexibility index (Phi) is 3.46. The Balaban J connectivity index is 1.86.